The van der Waals surface area contributed by atoms with Gasteiger partial charge in [0.15, 0.2) is 11.2 Å². The molecule has 0 saturated heterocycles. The van der Waals surface area contributed by atoms with Gasteiger partial charge in [-0.2, -0.15) is 4.98 Å². The van der Waals surface area contributed by atoms with E-state index in [1.165, 1.54) is 4.57 Å². The van der Waals surface area contributed by atoms with Gasteiger partial charge in [-0.05, 0) is 24.4 Å². The van der Waals surface area contributed by atoms with Crippen molar-refractivity contribution in [1.29, 1.82) is 0 Å². The van der Waals surface area contributed by atoms with E-state index in [1.54, 1.807) is 0 Å². The number of hydrogen-bond acceptors (Lipinski definition) is 4. The van der Waals surface area contributed by atoms with Crippen molar-refractivity contribution >= 4 is 34.5 Å². The van der Waals surface area contributed by atoms with E-state index < -0.39 is 11.2 Å². The van der Waals surface area contributed by atoms with Crippen LogP contribution in [0.25, 0.3) is 11.2 Å². The number of nitrogens with zero attached hydrogens (tertiary/aromatic N) is 4. The molecule has 2 aromatic heterocycles. The van der Waals surface area contributed by atoms with E-state index in [-0.39, 0.29) is 29.6 Å². The quantitative estimate of drug-likeness (QED) is 0.826. The zero-order valence-electron chi connectivity index (χ0n) is 10.8. The number of fused-ring (bicyclic) bond motifs is 1. The summed E-state index contributed by atoms with van der Waals surface area (Å²) in [6.45, 7) is 2.31. The monoisotopic (exact) mass is 320 g/mol. The second-order valence-corrected chi connectivity index (χ2v) is 4.98. The van der Waals surface area contributed by atoms with Crippen LogP contribution in [-0.4, -0.2) is 29.9 Å². The van der Waals surface area contributed by atoms with Crippen LogP contribution in [0.4, 0.5) is 0 Å². The average Bonchev–Trinajstić information content (AvgIpc) is 2.71. The van der Waals surface area contributed by atoms with Gasteiger partial charge in [-0.1, -0.05) is 6.92 Å². The van der Waals surface area contributed by atoms with Crippen LogP contribution in [0.1, 0.15) is 19.8 Å². The molecule has 20 heavy (non-hydrogen) atoms. The first-order valence-corrected chi connectivity index (χ1v) is 6.93. The van der Waals surface area contributed by atoms with Crippen LogP contribution in [0.2, 0.25) is 5.28 Å². The number of rotatable bonds is 5. The predicted octanol–water partition coefficient (Wildman–Crippen LogP) is 0.807. The third-order valence-corrected chi connectivity index (χ3v) is 3.59. The lowest BCUT2D eigenvalue weighted by molar-refractivity contribution is 0.277. The molecule has 2 heterocycles. The molecule has 0 aliphatic carbocycles. The average molecular weight is 321 g/mol. The van der Waals surface area contributed by atoms with Crippen LogP contribution >= 0.6 is 23.4 Å². The maximum atomic E-state index is 12.3. The van der Waals surface area contributed by atoms with Gasteiger partial charge in [0.1, 0.15) is 0 Å². The molecule has 0 aliphatic rings. The van der Waals surface area contributed by atoms with Crippen molar-refractivity contribution in [3.05, 3.63) is 26.1 Å². The summed E-state index contributed by atoms with van der Waals surface area (Å²) in [4.78, 5) is 28.6. The second-order valence-electron chi connectivity index (χ2n) is 4.30. The number of aliphatic hydroxyl groups is 1. The smallest absolute Gasteiger partial charge is 0.332 e. The van der Waals surface area contributed by atoms with E-state index in [0.717, 1.165) is 8.65 Å². The highest BCUT2D eigenvalue weighted by molar-refractivity contribution is 6.33. The van der Waals surface area contributed by atoms with Gasteiger partial charge in [0, 0.05) is 31.5 Å². The SMILES string of the molecule is CCCn1c(=O)n(CCCO)c(=O)c2c1nc(Cl)n2Cl. The molecule has 2 aromatic rings. The number of halogens is 2. The van der Waals surface area contributed by atoms with E-state index in [2.05, 4.69) is 4.98 Å². The fourth-order valence-electron chi connectivity index (χ4n) is 2.03. The summed E-state index contributed by atoms with van der Waals surface area (Å²) >= 11 is 11.7. The van der Waals surface area contributed by atoms with Crippen LogP contribution in [-0.2, 0) is 13.1 Å². The molecule has 7 nitrogen and oxygen atoms in total. The summed E-state index contributed by atoms with van der Waals surface area (Å²) in [6.07, 6.45) is 0.997. The van der Waals surface area contributed by atoms with Crippen LogP contribution in [0.3, 0.4) is 0 Å². The first-order chi connectivity index (χ1) is 9.52. The molecule has 110 valence electrons. The Kier molecular flexibility index (Phi) is 4.52. The van der Waals surface area contributed by atoms with Crippen LogP contribution in [0.15, 0.2) is 9.59 Å². The minimum Gasteiger partial charge on any atom is -0.396 e. The molecule has 0 radical (unpaired) electrons. The lowest BCUT2D eigenvalue weighted by Gasteiger charge is -2.10. The molecule has 0 fully saturated rings. The molecule has 0 bridgehead atoms. The zero-order chi connectivity index (χ0) is 14.9. The highest BCUT2D eigenvalue weighted by atomic mass is 35.5. The first-order valence-electron chi connectivity index (χ1n) is 6.21. The molecule has 0 atom stereocenters. The topological polar surface area (TPSA) is 82.0 Å². The van der Waals surface area contributed by atoms with Gasteiger partial charge in [-0.15, -0.1) is 0 Å². The Morgan fingerprint density at radius 2 is 1.95 bits per heavy atom. The second kappa shape index (κ2) is 5.99. The Labute approximate surface area is 124 Å². The Morgan fingerprint density at radius 3 is 2.55 bits per heavy atom. The van der Waals surface area contributed by atoms with Gasteiger partial charge in [0.05, 0.1) is 0 Å². The molecule has 0 saturated carbocycles. The fraction of sp³-hybridized carbons (Fsp3) is 0.545. The third kappa shape index (κ3) is 2.36. The maximum absolute atomic E-state index is 12.3. The standard InChI is InChI=1S/C11H14Cl2N4O3/c1-2-4-15-8-7(17(13)10(12)14-8)9(19)16(11(15)20)5-3-6-18/h18H,2-6H2,1H3. The first kappa shape index (κ1) is 15.1. The molecular weight excluding hydrogens is 307 g/mol. The maximum Gasteiger partial charge on any atom is 0.332 e. The highest BCUT2D eigenvalue weighted by Crippen LogP contribution is 2.17. The summed E-state index contributed by atoms with van der Waals surface area (Å²) in [5.41, 5.74) is -0.769. The molecule has 2 rings (SSSR count). The molecule has 0 unspecified atom stereocenters. The zero-order valence-corrected chi connectivity index (χ0v) is 12.4. The summed E-state index contributed by atoms with van der Waals surface area (Å²) in [5, 5.41) is 8.80. The number of aryl methyl sites for hydroxylation is 1. The fourth-order valence-corrected chi connectivity index (χ4v) is 2.38. The van der Waals surface area contributed by atoms with Crippen molar-refractivity contribution in [3.8, 4) is 0 Å². The minimum absolute atomic E-state index is 0.0667. The summed E-state index contributed by atoms with van der Waals surface area (Å²) in [5.74, 6) is 0. The molecule has 0 aliphatic heterocycles. The van der Waals surface area contributed by atoms with E-state index in [1.807, 2.05) is 6.92 Å². The Bertz CT molecular complexity index is 747. The van der Waals surface area contributed by atoms with Crippen molar-refractivity contribution < 1.29 is 5.11 Å². The van der Waals surface area contributed by atoms with Crippen LogP contribution < -0.4 is 11.2 Å². The van der Waals surface area contributed by atoms with Crippen molar-refractivity contribution in [3.63, 3.8) is 0 Å². The molecule has 0 aromatic carbocycles. The van der Waals surface area contributed by atoms with Crippen molar-refractivity contribution in [2.45, 2.75) is 32.9 Å². The van der Waals surface area contributed by atoms with Gasteiger partial charge in [0.25, 0.3) is 5.56 Å². The lowest BCUT2D eigenvalue weighted by Crippen LogP contribution is -2.40. The van der Waals surface area contributed by atoms with Crippen LogP contribution in [0, 0.1) is 0 Å². The normalized spacial score (nSPS) is 11.4. The summed E-state index contributed by atoms with van der Waals surface area (Å²) in [6, 6.07) is 0. The van der Waals surface area contributed by atoms with Gasteiger partial charge in [-0.25, -0.2) is 8.88 Å². The van der Waals surface area contributed by atoms with Gasteiger partial charge < -0.3 is 5.11 Å². The van der Waals surface area contributed by atoms with E-state index >= 15 is 0 Å². The van der Waals surface area contributed by atoms with E-state index in [0.29, 0.717) is 19.4 Å². The lowest BCUT2D eigenvalue weighted by atomic mass is 10.4. The Morgan fingerprint density at radius 1 is 1.25 bits per heavy atom. The predicted molar refractivity (Wildman–Crippen MR) is 76.5 cm³/mol. The number of aliphatic hydroxyl groups excluding tert-OH is 1. The number of imidazole rings is 1. The number of aromatic nitrogens is 4. The van der Waals surface area contributed by atoms with Gasteiger partial charge in [-0.3, -0.25) is 13.9 Å². The van der Waals surface area contributed by atoms with Crippen molar-refractivity contribution in [1.82, 2.24) is 18.2 Å². The molecule has 0 amide bonds. The van der Waals surface area contributed by atoms with Gasteiger partial charge in [0.2, 0.25) is 5.28 Å². The largest absolute Gasteiger partial charge is 0.396 e. The molecule has 9 heteroatoms. The van der Waals surface area contributed by atoms with Gasteiger partial charge >= 0.3 is 5.69 Å². The highest BCUT2D eigenvalue weighted by Gasteiger charge is 2.19. The third-order valence-electron chi connectivity index (χ3n) is 2.92. The van der Waals surface area contributed by atoms with Crippen LogP contribution in [0.5, 0.6) is 0 Å². The summed E-state index contributed by atoms with van der Waals surface area (Å²) < 4.78 is 3.37. The van der Waals surface area contributed by atoms with E-state index in [4.69, 9.17) is 28.5 Å². The van der Waals surface area contributed by atoms with Crippen molar-refractivity contribution in [2.75, 3.05) is 6.61 Å². The Balaban J connectivity index is 2.84. The molecule has 1 N–H and O–H groups in total. The Hall–Kier alpha value is -1.31. The summed E-state index contributed by atoms with van der Waals surface area (Å²) in [7, 11) is 0. The minimum atomic E-state index is -0.555. The van der Waals surface area contributed by atoms with E-state index in [9.17, 15) is 9.59 Å². The number of hydrogen-bond donors (Lipinski definition) is 1. The molecular formula is C11H14Cl2N4O3. The van der Waals surface area contributed by atoms with Crippen molar-refractivity contribution in [2.24, 2.45) is 0 Å². The molecule has 0 spiro atoms.